The number of nitrogens with one attached hydrogen (secondary N) is 2. The maximum absolute atomic E-state index is 12.0. The zero-order valence-corrected chi connectivity index (χ0v) is 12.3. The fourth-order valence-corrected chi connectivity index (χ4v) is 1.79. The zero-order chi connectivity index (χ0) is 13.7. The van der Waals surface area contributed by atoms with Crippen molar-refractivity contribution in [3.63, 3.8) is 0 Å². The smallest absolute Gasteiger partial charge is 0.241 e. The summed E-state index contributed by atoms with van der Waals surface area (Å²) in [5, 5.41) is 6.97. The Kier molecular flexibility index (Phi) is 5.93. The Balaban J connectivity index is 2.66. The highest BCUT2D eigenvalue weighted by Gasteiger charge is 2.15. The molecule has 1 aromatic carbocycles. The first-order chi connectivity index (χ1) is 8.43. The van der Waals surface area contributed by atoms with Crippen LogP contribution >= 0.6 is 23.2 Å². The van der Waals surface area contributed by atoms with Gasteiger partial charge < -0.3 is 10.6 Å². The molecule has 0 aromatic heterocycles. The number of anilines is 1. The molecule has 0 radical (unpaired) electrons. The largest absolute Gasteiger partial charge is 0.323 e. The van der Waals surface area contributed by atoms with E-state index in [4.69, 9.17) is 23.2 Å². The van der Waals surface area contributed by atoms with Crippen molar-refractivity contribution in [2.24, 2.45) is 0 Å². The minimum Gasteiger partial charge on any atom is -0.323 e. The minimum absolute atomic E-state index is 0.125. The molecule has 1 amide bonds. The molecule has 1 rings (SSSR count). The highest BCUT2D eigenvalue weighted by molar-refractivity contribution is 6.35. The highest BCUT2D eigenvalue weighted by atomic mass is 35.5. The van der Waals surface area contributed by atoms with Crippen molar-refractivity contribution in [3.8, 4) is 0 Å². The molecule has 1 aromatic rings. The van der Waals surface area contributed by atoms with Gasteiger partial charge in [0.05, 0.1) is 16.8 Å². The molecule has 0 aliphatic carbocycles. The van der Waals surface area contributed by atoms with Crippen molar-refractivity contribution in [1.82, 2.24) is 5.32 Å². The van der Waals surface area contributed by atoms with Gasteiger partial charge in [0.15, 0.2) is 0 Å². The van der Waals surface area contributed by atoms with Gasteiger partial charge in [-0.25, -0.2) is 0 Å². The van der Waals surface area contributed by atoms with Crippen molar-refractivity contribution in [3.05, 3.63) is 28.2 Å². The SMILES string of the molecule is CC[C@@H](C)N[C@@H](C)C(=O)Nc1cc(Cl)ccc1Cl. The van der Waals surface area contributed by atoms with Crippen molar-refractivity contribution >= 4 is 34.8 Å². The number of rotatable bonds is 5. The molecule has 2 N–H and O–H groups in total. The summed E-state index contributed by atoms with van der Waals surface area (Å²) in [5.74, 6) is -0.125. The van der Waals surface area contributed by atoms with Crippen LogP contribution in [-0.2, 0) is 4.79 Å². The molecular formula is C13H18Cl2N2O. The number of hydrogen-bond donors (Lipinski definition) is 2. The number of benzene rings is 1. The van der Waals surface area contributed by atoms with Crippen LogP contribution in [0.2, 0.25) is 10.0 Å². The van der Waals surface area contributed by atoms with Crippen molar-refractivity contribution in [2.45, 2.75) is 39.3 Å². The molecule has 0 aliphatic heterocycles. The van der Waals surface area contributed by atoms with E-state index in [1.54, 1.807) is 18.2 Å². The monoisotopic (exact) mass is 288 g/mol. The number of hydrogen-bond acceptors (Lipinski definition) is 2. The molecule has 2 atom stereocenters. The van der Waals surface area contributed by atoms with Crippen LogP contribution in [-0.4, -0.2) is 18.0 Å². The van der Waals surface area contributed by atoms with E-state index in [2.05, 4.69) is 17.6 Å². The van der Waals surface area contributed by atoms with Gasteiger partial charge in [-0.05, 0) is 38.5 Å². The molecule has 5 heteroatoms. The third kappa shape index (κ3) is 4.48. The highest BCUT2D eigenvalue weighted by Crippen LogP contribution is 2.25. The molecule has 0 fully saturated rings. The van der Waals surface area contributed by atoms with Crippen LogP contribution in [0.1, 0.15) is 27.2 Å². The summed E-state index contributed by atoms with van der Waals surface area (Å²) in [6.07, 6.45) is 0.968. The summed E-state index contributed by atoms with van der Waals surface area (Å²) < 4.78 is 0. The van der Waals surface area contributed by atoms with E-state index in [0.29, 0.717) is 21.8 Å². The van der Waals surface area contributed by atoms with Crippen LogP contribution in [0.15, 0.2) is 18.2 Å². The third-order valence-corrected chi connectivity index (χ3v) is 3.29. The number of carbonyl (C=O) groups is 1. The fraction of sp³-hybridized carbons (Fsp3) is 0.462. The predicted octanol–water partition coefficient (Wildman–Crippen LogP) is 3.71. The first-order valence-electron chi connectivity index (χ1n) is 5.96. The van der Waals surface area contributed by atoms with Crippen molar-refractivity contribution < 1.29 is 4.79 Å². The Labute approximate surface area is 118 Å². The molecule has 100 valence electrons. The summed E-state index contributed by atoms with van der Waals surface area (Å²) >= 11 is 11.8. The van der Waals surface area contributed by atoms with Gasteiger partial charge in [0.1, 0.15) is 0 Å². The fourth-order valence-electron chi connectivity index (χ4n) is 1.45. The van der Waals surface area contributed by atoms with Crippen molar-refractivity contribution in [2.75, 3.05) is 5.32 Å². The molecule has 0 aliphatic rings. The zero-order valence-electron chi connectivity index (χ0n) is 10.8. The summed E-state index contributed by atoms with van der Waals surface area (Å²) in [6, 6.07) is 4.99. The van der Waals surface area contributed by atoms with Crippen LogP contribution in [0.3, 0.4) is 0 Å². The first-order valence-corrected chi connectivity index (χ1v) is 6.71. The Morgan fingerprint density at radius 3 is 2.61 bits per heavy atom. The van der Waals surface area contributed by atoms with Gasteiger partial charge in [-0.1, -0.05) is 30.1 Å². The minimum atomic E-state index is -0.282. The van der Waals surface area contributed by atoms with Gasteiger partial charge in [0.25, 0.3) is 0 Å². The van der Waals surface area contributed by atoms with Crippen LogP contribution in [0.4, 0.5) is 5.69 Å². The molecule has 0 saturated carbocycles. The Morgan fingerprint density at radius 1 is 1.33 bits per heavy atom. The Morgan fingerprint density at radius 2 is 2.00 bits per heavy atom. The van der Waals surface area contributed by atoms with E-state index in [1.165, 1.54) is 0 Å². The number of halogens is 2. The van der Waals surface area contributed by atoms with Crippen LogP contribution in [0, 0.1) is 0 Å². The molecule has 0 unspecified atom stereocenters. The van der Waals surface area contributed by atoms with E-state index in [9.17, 15) is 4.79 Å². The topological polar surface area (TPSA) is 41.1 Å². The first kappa shape index (κ1) is 15.3. The molecule has 0 spiro atoms. The molecule has 0 bridgehead atoms. The van der Waals surface area contributed by atoms with Crippen LogP contribution < -0.4 is 10.6 Å². The quantitative estimate of drug-likeness (QED) is 0.867. The predicted molar refractivity (Wildman–Crippen MR) is 77.4 cm³/mol. The van der Waals surface area contributed by atoms with E-state index >= 15 is 0 Å². The lowest BCUT2D eigenvalue weighted by Crippen LogP contribution is -2.42. The normalized spacial score (nSPS) is 14.1. The Bertz CT molecular complexity index is 423. The lowest BCUT2D eigenvalue weighted by molar-refractivity contribution is -0.117. The molecule has 18 heavy (non-hydrogen) atoms. The van der Waals surface area contributed by atoms with Gasteiger partial charge in [-0.15, -0.1) is 0 Å². The third-order valence-electron chi connectivity index (χ3n) is 2.73. The summed E-state index contributed by atoms with van der Waals surface area (Å²) in [7, 11) is 0. The van der Waals surface area contributed by atoms with Gasteiger partial charge in [0.2, 0.25) is 5.91 Å². The summed E-state index contributed by atoms with van der Waals surface area (Å²) in [6.45, 7) is 5.92. The van der Waals surface area contributed by atoms with Gasteiger partial charge in [-0.2, -0.15) is 0 Å². The van der Waals surface area contributed by atoms with Crippen molar-refractivity contribution in [1.29, 1.82) is 0 Å². The second kappa shape index (κ2) is 6.98. The van der Waals surface area contributed by atoms with E-state index in [1.807, 2.05) is 13.8 Å². The molecular weight excluding hydrogens is 271 g/mol. The molecule has 0 heterocycles. The number of carbonyl (C=O) groups excluding carboxylic acids is 1. The maximum atomic E-state index is 12.0. The van der Waals surface area contributed by atoms with E-state index in [-0.39, 0.29) is 11.9 Å². The lowest BCUT2D eigenvalue weighted by Gasteiger charge is -2.18. The molecule has 0 saturated heterocycles. The van der Waals surface area contributed by atoms with E-state index < -0.39 is 0 Å². The summed E-state index contributed by atoms with van der Waals surface area (Å²) in [4.78, 5) is 12.0. The summed E-state index contributed by atoms with van der Waals surface area (Å²) in [5.41, 5.74) is 0.534. The Hall–Kier alpha value is -0.770. The van der Waals surface area contributed by atoms with Gasteiger partial charge in [0, 0.05) is 11.1 Å². The standard InChI is InChI=1S/C13H18Cl2N2O/c1-4-8(2)16-9(3)13(18)17-12-7-10(14)5-6-11(12)15/h5-9,16H,4H2,1-3H3,(H,17,18)/t8-,9+/m1/s1. The second-order valence-electron chi connectivity index (χ2n) is 4.31. The molecule has 3 nitrogen and oxygen atoms in total. The van der Waals surface area contributed by atoms with Crippen LogP contribution in [0.25, 0.3) is 0 Å². The second-order valence-corrected chi connectivity index (χ2v) is 5.15. The lowest BCUT2D eigenvalue weighted by atomic mass is 10.2. The van der Waals surface area contributed by atoms with Gasteiger partial charge in [-0.3, -0.25) is 4.79 Å². The van der Waals surface area contributed by atoms with Crippen LogP contribution in [0.5, 0.6) is 0 Å². The van der Waals surface area contributed by atoms with E-state index in [0.717, 1.165) is 6.42 Å². The maximum Gasteiger partial charge on any atom is 0.241 e. The van der Waals surface area contributed by atoms with Gasteiger partial charge >= 0.3 is 0 Å². The average Bonchev–Trinajstić information content (AvgIpc) is 2.33. The average molecular weight is 289 g/mol. The number of amides is 1.